The number of aryl methyl sites for hydroxylation is 3. The van der Waals surface area contributed by atoms with E-state index in [2.05, 4.69) is 25.4 Å². The van der Waals surface area contributed by atoms with E-state index >= 15 is 0 Å². The molecule has 1 N–H and O–H groups in total. The fraction of sp³-hybridized carbons (Fsp3) is 0.174. The number of rotatable bonds is 3. The van der Waals surface area contributed by atoms with Crippen LogP contribution in [-0.2, 0) is 4.79 Å². The number of anilines is 2. The van der Waals surface area contributed by atoms with Gasteiger partial charge in [-0.3, -0.25) is 14.4 Å². The second-order valence-corrected chi connectivity index (χ2v) is 7.87. The van der Waals surface area contributed by atoms with E-state index in [0.29, 0.717) is 34.1 Å². The number of benzene rings is 1. The lowest BCUT2D eigenvalue weighted by atomic mass is 10.1. The summed E-state index contributed by atoms with van der Waals surface area (Å²) in [6.45, 7) is 6.88. The van der Waals surface area contributed by atoms with Crippen LogP contribution in [0, 0.1) is 20.8 Å². The van der Waals surface area contributed by atoms with Gasteiger partial charge in [-0.05, 0) is 51.1 Å². The summed E-state index contributed by atoms with van der Waals surface area (Å²) in [7, 11) is 0. The first-order valence-corrected chi connectivity index (χ1v) is 10.2. The van der Waals surface area contributed by atoms with Crippen LogP contribution in [-0.4, -0.2) is 42.5 Å². The van der Waals surface area contributed by atoms with Gasteiger partial charge < -0.3 is 5.32 Å². The molecule has 0 unspecified atom stereocenters. The molecule has 4 aromatic rings. The summed E-state index contributed by atoms with van der Waals surface area (Å²) < 4.78 is 1.49. The molecular formula is C23H19N7O3. The third kappa shape index (κ3) is 3.23. The third-order valence-electron chi connectivity index (χ3n) is 5.33. The summed E-state index contributed by atoms with van der Waals surface area (Å²) in [4.78, 5) is 52.3. The Labute approximate surface area is 188 Å². The summed E-state index contributed by atoms with van der Waals surface area (Å²) >= 11 is 0. The molecule has 33 heavy (non-hydrogen) atoms. The topological polar surface area (TPSA) is 123 Å². The number of hydrogen-bond acceptors (Lipinski definition) is 7. The van der Waals surface area contributed by atoms with Crippen LogP contribution in [0.1, 0.15) is 44.7 Å². The molecule has 1 aliphatic heterocycles. The van der Waals surface area contributed by atoms with Crippen molar-refractivity contribution in [3.05, 3.63) is 64.7 Å². The number of carbonyl (C=O) groups is 3. The van der Waals surface area contributed by atoms with E-state index in [1.807, 2.05) is 19.9 Å². The van der Waals surface area contributed by atoms with Crippen LogP contribution in [0.15, 0.2) is 36.5 Å². The molecule has 0 bridgehead atoms. The van der Waals surface area contributed by atoms with Gasteiger partial charge in [-0.25, -0.2) is 19.9 Å². The molecule has 164 valence electrons. The molecule has 3 amide bonds. The minimum Gasteiger partial charge on any atom is -0.326 e. The maximum atomic E-state index is 13.4. The minimum absolute atomic E-state index is 0.211. The van der Waals surface area contributed by atoms with Gasteiger partial charge in [0.05, 0.1) is 27.9 Å². The van der Waals surface area contributed by atoms with Crippen molar-refractivity contribution in [2.45, 2.75) is 27.7 Å². The third-order valence-corrected chi connectivity index (χ3v) is 5.33. The van der Waals surface area contributed by atoms with Gasteiger partial charge in [-0.2, -0.15) is 9.78 Å². The molecule has 0 saturated carbocycles. The Bertz CT molecular complexity index is 1470. The fourth-order valence-corrected chi connectivity index (χ4v) is 4.03. The van der Waals surface area contributed by atoms with Crippen molar-refractivity contribution < 1.29 is 14.4 Å². The smallest absolute Gasteiger partial charge is 0.267 e. The van der Waals surface area contributed by atoms with Crippen LogP contribution in [0.25, 0.3) is 17.0 Å². The van der Waals surface area contributed by atoms with Gasteiger partial charge in [0.1, 0.15) is 0 Å². The normalized spacial score (nSPS) is 13.0. The molecule has 5 rings (SSSR count). The summed E-state index contributed by atoms with van der Waals surface area (Å²) in [6.07, 6.45) is 1.39. The Balaban J connectivity index is 1.62. The molecular weight excluding hydrogens is 422 g/mol. The van der Waals surface area contributed by atoms with Gasteiger partial charge in [0.25, 0.3) is 17.8 Å². The van der Waals surface area contributed by atoms with Crippen LogP contribution >= 0.6 is 0 Å². The number of aromatic nitrogens is 5. The van der Waals surface area contributed by atoms with Crippen molar-refractivity contribution in [3.63, 3.8) is 0 Å². The highest BCUT2D eigenvalue weighted by Crippen LogP contribution is 2.34. The van der Waals surface area contributed by atoms with Crippen molar-refractivity contribution in [1.82, 2.24) is 24.7 Å². The number of carbonyl (C=O) groups excluding carboxylic acids is 3. The van der Waals surface area contributed by atoms with Gasteiger partial charge >= 0.3 is 0 Å². The Hall–Kier alpha value is -4.47. The van der Waals surface area contributed by atoms with Crippen LogP contribution in [0.3, 0.4) is 0 Å². The van der Waals surface area contributed by atoms with Gasteiger partial charge in [-0.15, -0.1) is 0 Å². The first-order valence-electron chi connectivity index (χ1n) is 10.2. The van der Waals surface area contributed by atoms with Crippen molar-refractivity contribution >= 4 is 40.1 Å². The Morgan fingerprint density at radius 3 is 2.27 bits per heavy atom. The average molecular weight is 441 g/mol. The van der Waals surface area contributed by atoms with Crippen LogP contribution < -0.4 is 10.2 Å². The van der Waals surface area contributed by atoms with E-state index in [4.69, 9.17) is 0 Å². The quantitative estimate of drug-likeness (QED) is 0.485. The monoisotopic (exact) mass is 441 g/mol. The highest BCUT2D eigenvalue weighted by molar-refractivity contribution is 6.37. The molecule has 0 saturated heterocycles. The highest BCUT2D eigenvalue weighted by Gasteiger charge is 2.40. The van der Waals surface area contributed by atoms with Gasteiger partial charge in [0, 0.05) is 30.2 Å². The lowest BCUT2D eigenvalue weighted by molar-refractivity contribution is -0.114. The predicted octanol–water partition coefficient (Wildman–Crippen LogP) is 2.89. The summed E-state index contributed by atoms with van der Waals surface area (Å²) in [5.74, 6) is -0.789. The largest absolute Gasteiger partial charge is 0.326 e. The van der Waals surface area contributed by atoms with Gasteiger partial charge in [0.15, 0.2) is 5.65 Å². The molecule has 4 heterocycles. The van der Waals surface area contributed by atoms with Crippen molar-refractivity contribution in [2.24, 2.45) is 0 Å². The van der Waals surface area contributed by atoms with Crippen molar-refractivity contribution in [2.75, 3.05) is 10.2 Å². The van der Waals surface area contributed by atoms with Crippen LogP contribution in [0.2, 0.25) is 0 Å². The molecule has 1 aromatic carbocycles. The zero-order valence-electron chi connectivity index (χ0n) is 18.4. The second-order valence-electron chi connectivity index (χ2n) is 7.87. The van der Waals surface area contributed by atoms with E-state index in [-0.39, 0.29) is 17.0 Å². The van der Waals surface area contributed by atoms with Crippen molar-refractivity contribution in [3.8, 4) is 5.95 Å². The molecule has 0 spiro atoms. The van der Waals surface area contributed by atoms with Crippen LogP contribution in [0.5, 0.6) is 0 Å². The number of hydrogen-bond donors (Lipinski definition) is 1. The predicted molar refractivity (Wildman–Crippen MR) is 121 cm³/mol. The van der Waals surface area contributed by atoms with E-state index in [1.54, 1.807) is 31.2 Å². The maximum absolute atomic E-state index is 13.4. The van der Waals surface area contributed by atoms with E-state index in [9.17, 15) is 14.4 Å². The summed E-state index contributed by atoms with van der Waals surface area (Å²) in [5.41, 5.74) is 3.93. The number of pyridine rings is 1. The highest BCUT2D eigenvalue weighted by atomic mass is 16.2. The number of amides is 3. The zero-order chi connectivity index (χ0) is 23.4. The Kier molecular flexibility index (Phi) is 4.52. The molecule has 0 fully saturated rings. The summed E-state index contributed by atoms with van der Waals surface area (Å²) in [6, 6.07) is 8.34. The molecule has 3 aromatic heterocycles. The standard InChI is InChI=1S/C23H19N7O3/c1-11-9-12(2)26-23(25-11)30-20-18(13(3)28-30)19-17(10-24-20)21(32)29(22(19)33)16-7-5-15(6-8-16)27-14(4)31/h5-10H,1-4H3,(H,27,31). The fourth-order valence-electron chi connectivity index (χ4n) is 4.03. The number of nitrogens with one attached hydrogen (secondary N) is 1. The molecule has 0 radical (unpaired) electrons. The van der Waals surface area contributed by atoms with E-state index in [1.165, 1.54) is 17.8 Å². The minimum atomic E-state index is -0.466. The van der Waals surface area contributed by atoms with E-state index in [0.717, 1.165) is 16.3 Å². The molecule has 10 heteroatoms. The molecule has 10 nitrogen and oxygen atoms in total. The first kappa shape index (κ1) is 20.4. The first-order chi connectivity index (χ1) is 15.7. The van der Waals surface area contributed by atoms with E-state index < -0.39 is 11.8 Å². The van der Waals surface area contributed by atoms with Crippen molar-refractivity contribution in [1.29, 1.82) is 0 Å². The lowest BCUT2D eigenvalue weighted by Gasteiger charge is -2.14. The maximum Gasteiger partial charge on any atom is 0.267 e. The van der Waals surface area contributed by atoms with Gasteiger partial charge in [0.2, 0.25) is 5.91 Å². The number of nitrogens with zero attached hydrogens (tertiary/aromatic N) is 6. The SMILES string of the molecule is CC(=O)Nc1ccc(N2C(=O)c3cnc4c(c(C)nn4-c4nc(C)cc(C)n4)c3C2=O)cc1. The Morgan fingerprint density at radius 2 is 1.64 bits per heavy atom. The molecule has 1 aliphatic rings. The summed E-state index contributed by atoms with van der Waals surface area (Å²) in [5, 5.41) is 7.67. The Morgan fingerprint density at radius 1 is 0.970 bits per heavy atom. The molecule has 0 aliphatic carbocycles. The number of fused-ring (bicyclic) bond motifs is 3. The zero-order valence-corrected chi connectivity index (χ0v) is 18.4. The molecule has 0 atom stereocenters. The van der Waals surface area contributed by atoms with Gasteiger partial charge in [-0.1, -0.05) is 0 Å². The average Bonchev–Trinajstić information content (AvgIpc) is 3.22. The lowest BCUT2D eigenvalue weighted by Crippen LogP contribution is -2.29. The van der Waals surface area contributed by atoms with Crippen LogP contribution in [0.4, 0.5) is 11.4 Å². The number of imide groups is 1. The second kappa shape index (κ2) is 7.30.